The summed E-state index contributed by atoms with van der Waals surface area (Å²) in [6, 6.07) is 34.6. The maximum Gasteiger partial charge on any atom is 0.0730 e. The average Bonchev–Trinajstić information content (AvgIpc) is 2.79. The highest BCUT2D eigenvalue weighted by atomic mass is 14.7. The van der Waals surface area contributed by atoms with E-state index >= 15 is 0 Å². The van der Waals surface area contributed by atoms with Crippen molar-refractivity contribution in [1.29, 1.82) is 0 Å². The number of hydrogen-bond acceptors (Lipinski definition) is 3. The molecule has 6 rings (SSSR count). The Kier molecular flexibility index (Phi) is 4.41. The van der Waals surface area contributed by atoms with Gasteiger partial charge in [-0.05, 0) is 46.5 Å². The first-order valence-corrected chi connectivity index (χ1v) is 9.91. The number of nitrogens with two attached hydrogens (primary N) is 2. The number of anilines is 2. The van der Waals surface area contributed by atoms with Gasteiger partial charge in [0.15, 0.2) is 0 Å². The molecule has 0 atom stereocenters. The van der Waals surface area contributed by atoms with Gasteiger partial charge in [0.05, 0.1) is 16.7 Å². The third-order valence-electron chi connectivity index (χ3n) is 5.41. The predicted molar refractivity (Wildman–Crippen MR) is 130 cm³/mol. The van der Waals surface area contributed by atoms with Crippen LogP contribution in [0.1, 0.15) is 0 Å². The lowest BCUT2D eigenvalue weighted by atomic mass is 10.0. The van der Waals surface area contributed by atoms with Crippen LogP contribution in [0.25, 0.3) is 43.4 Å². The molecule has 3 nitrogen and oxygen atoms in total. The van der Waals surface area contributed by atoms with Crippen LogP contribution in [-0.2, 0) is 0 Å². The molecule has 0 aliphatic carbocycles. The zero-order valence-corrected chi connectivity index (χ0v) is 16.4. The number of pyridine rings is 1. The van der Waals surface area contributed by atoms with Crippen LogP contribution in [0, 0.1) is 0 Å². The number of para-hydroxylation sites is 2. The highest BCUT2D eigenvalue weighted by molar-refractivity contribution is 6.06. The van der Waals surface area contributed by atoms with Gasteiger partial charge in [-0.1, -0.05) is 72.8 Å². The van der Waals surface area contributed by atoms with Gasteiger partial charge >= 0.3 is 0 Å². The average molecular weight is 387 g/mol. The molecule has 0 bridgehead atoms. The Balaban J connectivity index is 0.000000128. The van der Waals surface area contributed by atoms with E-state index in [-0.39, 0.29) is 0 Å². The summed E-state index contributed by atoms with van der Waals surface area (Å²) in [5.74, 6) is 0. The molecule has 0 radical (unpaired) electrons. The molecule has 0 aliphatic heterocycles. The molecule has 6 aromatic rings. The van der Waals surface area contributed by atoms with Crippen LogP contribution < -0.4 is 11.5 Å². The standard InChI is InChI=1S/C14H11N.C13H10N2/c15-14-7-3-6-12-8-10-4-1-2-5-11(10)9-13(12)14;14-13-9-5-1-3-7-11(9)15-12-8-4-2-6-10(12)13/h1-9H,15H2;1-8H,(H2,14,15). The van der Waals surface area contributed by atoms with Gasteiger partial charge in [-0.25, -0.2) is 4.98 Å². The largest absolute Gasteiger partial charge is 0.398 e. The third-order valence-corrected chi connectivity index (χ3v) is 5.41. The quantitative estimate of drug-likeness (QED) is 0.229. The molecule has 144 valence electrons. The van der Waals surface area contributed by atoms with Gasteiger partial charge in [0, 0.05) is 21.8 Å². The van der Waals surface area contributed by atoms with Gasteiger partial charge in [-0.2, -0.15) is 0 Å². The molecule has 0 fully saturated rings. The highest BCUT2D eigenvalue weighted by Gasteiger charge is 2.04. The van der Waals surface area contributed by atoms with Gasteiger partial charge in [0.25, 0.3) is 0 Å². The van der Waals surface area contributed by atoms with Crippen molar-refractivity contribution >= 4 is 54.7 Å². The Bertz CT molecular complexity index is 1440. The van der Waals surface area contributed by atoms with E-state index in [9.17, 15) is 0 Å². The number of nitrogens with zero attached hydrogens (tertiary/aromatic N) is 1. The third kappa shape index (κ3) is 3.16. The Morgan fingerprint density at radius 3 is 1.67 bits per heavy atom. The van der Waals surface area contributed by atoms with Crippen molar-refractivity contribution in [2.45, 2.75) is 0 Å². The Morgan fingerprint density at radius 2 is 1.00 bits per heavy atom. The minimum Gasteiger partial charge on any atom is -0.398 e. The minimum atomic E-state index is 0.816. The zero-order chi connectivity index (χ0) is 20.5. The summed E-state index contributed by atoms with van der Waals surface area (Å²) in [6.07, 6.45) is 0. The molecule has 0 spiro atoms. The first-order chi connectivity index (χ1) is 14.7. The normalized spacial score (nSPS) is 10.9. The Hall–Kier alpha value is -4.11. The maximum atomic E-state index is 6.11. The lowest BCUT2D eigenvalue weighted by Gasteiger charge is -2.05. The van der Waals surface area contributed by atoms with Gasteiger partial charge in [0.2, 0.25) is 0 Å². The number of aromatic nitrogens is 1. The Labute approximate surface area is 174 Å². The van der Waals surface area contributed by atoms with E-state index in [2.05, 4.69) is 41.4 Å². The predicted octanol–water partition coefficient (Wildman–Crippen LogP) is 6.55. The first kappa shape index (κ1) is 18.0. The molecule has 0 amide bonds. The maximum absolute atomic E-state index is 6.11. The second-order valence-corrected chi connectivity index (χ2v) is 7.33. The summed E-state index contributed by atoms with van der Waals surface area (Å²) in [6.45, 7) is 0. The molecular weight excluding hydrogens is 366 g/mol. The molecule has 30 heavy (non-hydrogen) atoms. The second-order valence-electron chi connectivity index (χ2n) is 7.33. The van der Waals surface area contributed by atoms with E-state index in [0.717, 1.165) is 38.6 Å². The van der Waals surface area contributed by atoms with Crippen molar-refractivity contribution in [3.05, 3.63) is 103 Å². The molecule has 1 heterocycles. The van der Waals surface area contributed by atoms with E-state index in [1.54, 1.807) is 0 Å². The van der Waals surface area contributed by atoms with Crippen LogP contribution in [-0.4, -0.2) is 4.98 Å². The summed E-state index contributed by atoms with van der Waals surface area (Å²) < 4.78 is 0. The van der Waals surface area contributed by atoms with Crippen LogP contribution in [0.15, 0.2) is 103 Å². The number of benzene rings is 5. The van der Waals surface area contributed by atoms with Crippen LogP contribution >= 0.6 is 0 Å². The molecule has 5 aromatic carbocycles. The molecule has 4 N–H and O–H groups in total. The van der Waals surface area contributed by atoms with Gasteiger partial charge < -0.3 is 11.5 Å². The van der Waals surface area contributed by atoms with E-state index in [0.29, 0.717) is 0 Å². The van der Waals surface area contributed by atoms with E-state index in [1.807, 2.05) is 66.7 Å². The fraction of sp³-hybridized carbons (Fsp3) is 0. The van der Waals surface area contributed by atoms with Gasteiger partial charge in [-0.3, -0.25) is 0 Å². The van der Waals surface area contributed by atoms with Crippen molar-refractivity contribution < 1.29 is 0 Å². The van der Waals surface area contributed by atoms with Crippen molar-refractivity contribution in [2.24, 2.45) is 0 Å². The van der Waals surface area contributed by atoms with E-state index in [4.69, 9.17) is 11.5 Å². The summed E-state index contributed by atoms with van der Waals surface area (Å²) in [5, 5.41) is 6.89. The summed E-state index contributed by atoms with van der Waals surface area (Å²) in [5.41, 5.74) is 15.6. The number of hydrogen-bond donors (Lipinski definition) is 2. The molecule has 0 saturated carbocycles. The molecule has 0 saturated heterocycles. The number of nitrogen functional groups attached to an aromatic ring is 2. The highest BCUT2D eigenvalue weighted by Crippen LogP contribution is 2.28. The minimum absolute atomic E-state index is 0.816. The molecule has 0 unspecified atom stereocenters. The van der Waals surface area contributed by atoms with Crippen molar-refractivity contribution in [2.75, 3.05) is 11.5 Å². The van der Waals surface area contributed by atoms with Gasteiger partial charge in [0.1, 0.15) is 0 Å². The molecule has 0 aliphatic rings. The van der Waals surface area contributed by atoms with Crippen molar-refractivity contribution in [3.8, 4) is 0 Å². The number of rotatable bonds is 0. The van der Waals surface area contributed by atoms with Crippen LogP contribution in [0.2, 0.25) is 0 Å². The van der Waals surface area contributed by atoms with Crippen LogP contribution in [0.4, 0.5) is 11.4 Å². The van der Waals surface area contributed by atoms with Crippen molar-refractivity contribution in [1.82, 2.24) is 4.98 Å². The molecule has 3 heteroatoms. The van der Waals surface area contributed by atoms with Crippen LogP contribution in [0.3, 0.4) is 0 Å². The summed E-state index contributed by atoms with van der Waals surface area (Å²) in [4.78, 5) is 4.56. The SMILES string of the molecule is Nc1c2ccccc2nc2ccccc12.Nc1cccc2cc3ccccc3cc12. The topological polar surface area (TPSA) is 64.9 Å². The molecular formula is C27H21N3. The van der Waals surface area contributed by atoms with Crippen molar-refractivity contribution in [3.63, 3.8) is 0 Å². The van der Waals surface area contributed by atoms with E-state index in [1.165, 1.54) is 16.2 Å². The number of fused-ring (bicyclic) bond motifs is 4. The fourth-order valence-electron chi connectivity index (χ4n) is 3.86. The monoisotopic (exact) mass is 387 g/mol. The summed E-state index contributed by atoms with van der Waals surface area (Å²) >= 11 is 0. The second kappa shape index (κ2) is 7.37. The Morgan fingerprint density at radius 1 is 0.467 bits per heavy atom. The fourth-order valence-corrected chi connectivity index (χ4v) is 3.86. The smallest absolute Gasteiger partial charge is 0.0730 e. The van der Waals surface area contributed by atoms with Gasteiger partial charge in [-0.15, -0.1) is 0 Å². The first-order valence-electron chi connectivity index (χ1n) is 9.91. The lowest BCUT2D eigenvalue weighted by Crippen LogP contribution is -1.91. The summed E-state index contributed by atoms with van der Waals surface area (Å²) in [7, 11) is 0. The lowest BCUT2D eigenvalue weighted by molar-refractivity contribution is 1.50. The van der Waals surface area contributed by atoms with E-state index < -0.39 is 0 Å². The molecule has 1 aromatic heterocycles. The zero-order valence-electron chi connectivity index (χ0n) is 16.4. The van der Waals surface area contributed by atoms with Crippen LogP contribution in [0.5, 0.6) is 0 Å².